The Morgan fingerprint density at radius 2 is 1.69 bits per heavy atom. The van der Waals surface area contributed by atoms with Crippen molar-refractivity contribution < 1.29 is 19.4 Å². The van der Waals surface area contributed by atoms with Crippen LogP contribution in [0.5, 0.6) is 11.5 Å². The summed E-state index contributed by atoms with van der Waals surface area (Å²) in [4.78, 5) is 32.5. The van der Waals surface area contributed by atoms with E-state index < -0.39 is 23.5 Å². The molecule has 6 nitrogen and oxygen atoms in total. The van der Waals surface area contributed by atoms with E-state index in [1.807, 2.05) is 73.7 Å². The van der Waals surface area contributed by atoms with E-state index in [1.54, 1.807) is 36.7 Å². The number of nitrogens with zero attached hydrogens (tertiary/aromatic N) is 2. The van der Waals surface area contributed by atoms with Crippen molar-refractivity contribution in [2.24, 2.45) is 0 Å². The van der Waals surface area contributed by atoms with E-state index in [9.17, 15) is 14.7 Å². The lowest BCUT2D eigenvalue weighted by Gasteiger charge is -2.27. The smallest absolute Gasteiger partial charge is 0.290 e. The number of aliphatic hydroxyl groups excluding tert-OH is 1. The van der Waals surface area contributed by atoms with Crippen LogP contribution in [-0.2, 0) is 11.3 Å². The Morgan fingerprint density at radius 3 is 2.42 bits per heavy atom. The first-order valence-corrected chi connectivity index (χ1v) is 11.6. The Morgan fingerprint density at radius 1 is 0.944 bits per heavy atom. The zero-order chi connectivity index (χ0) is 25.1. The van der Waals surface area contributed by atoms with Gasteiger partial charge >= 0.3 is 0 Å². The molecule has 0 saturated heterocycles. The number of aromatic nitrogens is 1. The average molecular weight is 477 g/mol. The number of amides is 1. The van der Waals surface area contributed by atoms with Crippen LogP contribution < -0.4 is 4.74 Å². The van der Waals surface area contributed by atoms with Gasteiger partial charge in [-0.05, 0) is 48.4 Å². The van der Waals surface area contributed by atoms with Crippen molar-refractivity contribution in [1.29, 1.82) is 0 Å². The van der Waals surface area contributed by atoms with Gasteiger partial charge in [-0.15, -0.1) is 0 Å². The van der Waals surface area contributed by atoms with E-state index in [4.69, 9.17) is 4.74 Å². The van der Waals surface area contributed by atoms with Crippen LogP contribution in [0.1, 0.15) is 33.1 Å². The summed E-state index contributed by atoms with van der Waals surface area (Å²) in [5.41, 5.74) is 2.89. The monoisotopic (exact) mass is 476 g/mol. The van der Waals surface area contributed by atoms with Gasteiger partial charge in [-0.1, -0.05) is 66.2 Å². The fourth-order valence-electron chi connectivity index (χ4n) is 4.32. The molecule has 0 spiro atoms. The molecule has 3 aromatic carbocycles. The van der Waals surface area contributed by atoms with Gasteiger partial charge in [-0.3, -0.25) is 14.6 Å². The molecule has 4 aromatic rings. The lowest BCUT2D eigenvalue weighted by atomic mass is 9.92. The van der Waals surface area contributed by atoms with Gasteiger partial charge in [0, 0.05) is 24.5 Å². The number of aryl methyl sites for hydroxylation is 1. The molecule has 5 rings (SSSR count). The standard InChI is InChI=1S/C30H24N2O4/c1-20-12-14-22(15-13-20)28(33)26-27(32(30(35)29(26)34)19-21-7-6-16-31-18-21)23-8-5-11-25(17-23)36-24-9-3-2-4-10-24/h2-18,27,34H,19H2,1H3. The van der Waals surface area contributed by atoms with Crippen molar-refractivity contribution in [3.63, 3.8) is 0 Å². The lowest BCUT2D eigenvalue weighted by Crippen LogP contribution is -2.30. The van der Waals surface area contributed by atoms with Crippen molar-refractivity contribution in [1.82, 2.24) is 9.88 Å². The third-order valence-electron chi connectivity index (χ3n) is 6.09. The summed E-state index contributed by atoms with van der Waals surface area (Å²) in [5, 5.41) is 10.9. The number of para-hydroxylation sites is 1. The Balaban J connectivity index is 1.57. The lowest BCUT2D eigenvalue weighted by molar-refractivity contribution is -0.130. The molecule has 36 heavy (non-hydrogen) atoms. The number of hydrogen-bond acceptors (Lipinski definition) is 5. The average Bonchev–Trinajstić information content (AvgIpc) is 3.15. The fraction of sp³-hybridized carbons (Fsp3) is 0.100. The summed E-state index contributed by atoms with van der Waals surface area (Å²) in [7, 11) is 0. The number of Topliss-reactive ketones (excluding diaryl/α,β-unsaturated/α-hetero) is 1. The van der Waals surface area contributed by atoms with E-state index >= 15 is 0 Å². The zero-order valence-corrected chi connectivity index (χ0v) is 19.7. The van der Waals surface area contributed by atoms with E-state index in [2.05, 4.69) is 4.98 Å². The highest BCUT2D eigenvalue weighted by Gasteiger charge is 2.43. The summed E-state index contributed by atoms with van der Waals surface area (Å²) in [6.07, 6.45) is 3.31. The van der Waals surface area contributed by atoms with Gasteiger partial charge < -0.3 is 14.7 Å². The number of ketones is 1. The minimum absolute atomic E-state index is 0.0459. The molecule has 1 amide bonds. The van der Waals surface area contributed by atoms with Gasteiger partial charge in [-0.2, -0.15) is 0 Å². The number of hydrogen-bond donors (Lipinski definition) is 1. The van der Waals surface area contributed by atoms with Crippen molar-refractivity contribution in [2.75, 3.05) is 0 Å². The van der Waals surface area contributed by atoms with Gasteiger partial charge in [0.25, 0.3) is 5.91 Å². The Bertz CT molecular complexity index is 1430. The third kappa shape index (κ3) is 4.61. The maximum atomic E-state index is 13.6. The predicted octanol–water partition coefficient (Wildman–Crippen LogP) is 5.96. The molecule has 1 aliphatic rings. The number of carbonyl (C=O) groups is 2. The molecule has 0 radical (unpaired) electrons. The van der Waals surface area contributed by atoms with Gasteiger partial charge in [0.05, 0.1) is 11.6 Å². The Hall–Kier alpha value is -4.71. The SMILES string of the molecule is Cc1ccc(C(=O)C2=C(O)C(=O)N(Cc3cccnc3)C2c2cccc(Oc3ccccc3)c2)cc1. The van der Waals surface area contributed by atoms with E-state index in [0.717, 1.165) is 11.1 Å². The normalized spacial score (nSPS) is 15.3. The predicted molar refractivity (Wildman–Crippen MR) is 136 cm³/mol. The molecule has 1 aromatic heterocycles. The second-order valence-electron chi connectivity index (χ2n) is 8.64. The molecule has 0 bridgehead atoms. The van der Waals surface area contributed by atoms with Gasteiger partial charge in [-0.25, -0.2) is 0 Å². The summed E-state index contributed by atoms with van der Waals surface area (Å²) in [5.74, 6) is -0.314. The molecule has 1 unspecified atom stereocenters. The fourth-order valence-corrected chi connectivity index (χ4v) is 4.32. The molecular formula is C30H24N2O4. The third-order valence-corrected chi connectivity index (χ3v) is 6.09. The molecule has 1 aliphatic heterocycles. The Labute approximate surface area is 209 Å². The highest BCUT2D eigenvalue weighted by atomic mass is 16.5. The maximum absolute atomic E-state index is 13.6. The summed E-state index contributed by atoms with van der Waals surface area (Å²) < 4.78 is 6.00. The van der Waals surface area contributed by atoms with E-state index in [-0.39, 0.29) is 12.1 Å². The van der Waals surface area contributed by atoms with Crippen LogP contribution >= 0.6 is 0 Å². The highest BCUT2D eigenvalue weighted by Crippen LogP contribution is 2.41. The number of ether oxygens (including phenoxy) is 1. The maximum Gasteiger partial charge on any atom is 0.290 e. The van der Waals surface area contributed by atoms with E-state index in [0.29, 0.717) is 22.6 Å². The largest absolute Gasteiger partial charge is 0.503 e. The highest BCUT2D eigenvalue weighted by molar-refractivity contribution is 6.16. The molecular weight excluding hydrogens is 452 g/mol. The van der Waals surface area contributed by atoms with E-state index in [1.165, 1.54) is 4.90 Å². The summed E-state index contributed by atoms with van der Waals surface area (Å²) >= 11 is 0. The van der Waals surface area contributed by atoms with Gasteiger partial charge in [0.1, 0.15) is 11.5 Å². The molecule has 178 valence electrons. The first-order valence-electron chi connectivity index (χ1n) is 11.6. The minimum atomic E-state index is -0.800. The number of aliphatic hydroxyl groups is 1. The van der Waals surface area contributed by atoms with Crippen LogP contribution in [0.3, 0.4) is 0 Å². The second-order valence-corrected chi connectivity index (χ2v) is 8.64. The number of rotatable bonds is 7. The minimum Gasteiger partial charge on any atom is -0.503 e. The van der Waals surface area contributed by atoms with Crippen LogP contribution in [0, 0.1) is 6.92 Å². The first-order chi connectivity index (χ1) is 17.5. The zero-order valence-electron chi connectivity index (χ0n) is 19.7. The quantitative estimate of drug-likeness (QED) is 0.333. The van der Waals surface area contributed by atoms with Gasteiger partial charge in [0.15, 0.2) is 11.5 Å². The van der Waals surface area contributed by atoms with Crippen molar-refractivity contribution in [2.45, 2.75) is 19.5 Å². The summed E-state index contributed by atoms with van der Waals surface area (Å²) in [6.45, 7) is 2.11. The van der Waals surface area contributed by atoms with Gasteiger partial charge in [0.2, 0.25) is 0 Å². The van der Waals surface area contributed by atoms with Crippen LogP contribution in [0.25, 0.3) is 0 Å². The molecule has 1 N–H and O–H groups in total. The van der Waals surface area contributed by atoms with Crippen molar-refractivity contribution in [3.05, 3.63) is 137 Å². The second kappa shape index (κ2) is 9.88. The van der Waals surface area contributed by atoms with Crippen LogP contribution in [0.4, 0.5) is 0 Å². The molecule has 1 atom stereocenters. The van der Waals surface area contributed by atoms with Crippen molar-refractivity contribution in [3.8, 4) is 11.5 Å². The molecule has 0 saturated carbocycles. The summed E-state index contributed by atoms with van der Waals surface area (Å²) in [6, 6.07) is 26.5. The molecule has 0 aliphatic carbocycles. The topological polar surface area (TPSA) is 79.7 Å². The molecule has 0 fully saturated rings. The molecule has 2 heterocycles. The Kier molecular flexibility index (Phi) is 6.33. The number of pyridine rings is 1. The molecule has 6 heteroatoms. The van der Waals surface area contributed by atoms with Crippen molar-refractivity contribution >= 4 is 11.7 Å². The van der Waals surface area contributed by atoms with Crippen LogP contribution in [0.15, 0.2) is 115 Å². The van der Waals surface area contributed by atoms with Crippen LogP contribution in [-0.4, -0.2) is 26.7 Å². The first kappa shape index (κ1) is 23.1. The number of benzene rings is 3. The number of carbonyl (C=O) groups excluding carboxylic acids is 2. The van der Waals surface area contributed by atoms with Crippen LogP contribution in [0.2, 0.25) is 0 Å².